The maximum absolute atomic E-state index is 4.68. The third-order valence-electron chi connectivity index (χ3n) is 5.71. The predicted octanol–water partition coefficient (Wildman–Crippen LogP) is 6.80. The minimum Gasteiger partial charge on any atom is -0.308 e. The monoisotopic (exact) mass is 452 g/mol. The Morgan fingerprint density at radius 3 is 2.06 bits per heavy atom. The summed E-state index contributed by atoms with van der Waals surface area (Å²) < 4.78 is 2.36. The van der Waals surface area contributed by atoms with Gasteiger partial charge in [0.1, 0.15) is 6.33 Å². The van der Waals surface area contributed by atoms with E-state index >= 15 is 0 Å². The third-order valence-corrected chi connectivity index (χ3v) is 5.71. The largest absolute Gasteiger partial charge is 0.308 e. The quantitative estimate of drug-likeness (QED) is 0.232. The molecule has 3 aromatic heterocycles. The first-order valence-electron chi connectivity index (χ1n) is 10.2. The summed E-state index contributed by atoms with van der Waals surface area (Å²) in [5, 5.41) is 3.45. The van der Waals surface area contributed by atoms with Crippen LogP contribution in [-0.4, -0.2) is 19.5 Å². The molecule has 0 saturated carbocycles. The van der Waals surface area contributed by atoms with Crippen molar-refractivity contribution in [2.45, 2.75) is 6.92 Å². The van der Waals surface area contributed by atoms with Crippen molar-refractivity contribution in [2.24, 2.45) is 0 Å². The number of hydrogen-bond donors (Lipinski definition) is 1. The average molecular weight is 453 g/mol. The van der Waals surface area contributed by atoms with Crippen molar-refractivity contribution in [1.29, 1.82) is 0 Å². The van der Waals surface area contributed by atoms with Crippen LogP contribution in [-0.2, 0) is 0 Å². The van der Waals surface area contributed by atoms with E-state index < -0.39 is 0 Å². The zero-order valence-electron chi connectivity index (χ0n) is 17.5. The van der Waals surface area contributed by atoms with E-state index in [2.05, 4.69) is 114 Å². The van der Waals surface area contributed by atoms with Crippen LogP contribution in [0.1, 0.15) is 5.56 Å². The van der Waals surface area contributed by atoms with E-state index in [1.807, 2.05) is 12.1 Å². The lowest BCUT2D eigenvalue weighted by Gasteiger charge is -2.17. The third kappa shape index (κ3) is 3.26. The van der Waals surface area contributed by atoms with Gasteiger partial charge >= 0.3 is 0 Å². The van der Waals surface area contributed by atoms with E-state index in [1.54, 1.807) is 12.5 Å². The summed E-state index contributed by atoms with van der Waals surface area (Å²) in [6, 6.07) is 27.5. The van der Waals surface area contributed by atoms with E-state index in [4.69, 9.17) is 0 Å². The van der Waals surface area contributed by atoms with Gasteiger partial charge in [-0.3, -0.25) is 0 Å². The molecule has 6 aromatic rings. The molecule has 0 aliphatic carbocycles. The Bertz CT molecular complexity index is 1520. The second-order valence-electron chi connectivity index (χ2n) is 7.44. The van der Waals surface area contributed by atoms with Gasteiger partial charge in [-0.2, -0.15) is 12.2 Å². The summed E-state index contributed by atoms with van der Waals surface area (Å²) in [6.07, 6.45) is 3.37. The highest BCUT2D eigenvalue weighted by atomic mass is 32.7. The summed E-state index contributed by atoms with van der Waals surface area (Å²) in [6.45, 7) is 2.16. The predicted molar refractivity (Wildman–Crippen MR) is 141 cm³/mol. The van der Waals surface area contributed by atoms with Gasteiger partial charge in [0.25, 0.3) is 0 Å². The Balaban J connectivity index is 0.00000105. The van der Waals surface area contributed by atoms with Gasteiger partial charge in [-0.25, -0.2) is 15.0 Å². The highest BCUT2D eigenvalue weighted by molar-refractivity contribution is 8.31. The van der Waals surface area contributed by atoms with Gasteiger partial charge in [0.2, 0.25) is 0 Å². The molecule has 156 valence electrons. The molecule has 0 aliphatic heterocycles. The average Bonchev–Trinajstić information content (AvgIpc) is 3.19. The van der Waals surface area contributed by atoms with Crippen molar-refractivity contribution in [2.75, 3.05) is 0 Å². The molecule has 0 aliphatic rings. The Morgan fingerprint density at radius 1 is 0.688 bits per heavy atom. The number of thiol groups is 1. The van der Waals surface area contributed by atoms with Crippen molar-refractivity contribution in [3.05, 3.63) is 97.0 Å². The normalized spacial score (nSPS) is 11.0. The molecular weight excluding hydrogens is 431 g/mol. The van der Waals surface area contributed by atoms with Crippen LogP contribution in [0.15, 0.2) is 91.4 Å². The van der Waals surface area contributed by atoms with Crippen LogP contribution in [0, 0.1) is 6.92 Å². The SMILES string of the molecule is Cc1cccc(-c2ncnc3ncccc23)c1-n1c2ccccc2c2ccccc21.PS. The van der Waals surface area contributed by atoms with E-state index in [-0.39, 0.29) is 0 Å². The van der Waals surface area contributed by atoms with Gasteiger partial charge in [-0.1, -0.05) is 63.0 Å². The number of fused-ring (bicyclic) bond motifs is 4. The number of para-hydroxylation sites is 3. The van der Waals surface area contributed by atoms with Gasteiger partial charge in [-0.05, 0) is 36.8 Å². The molecule has 6 heteroatoms. The zero-order valence-corrected chi connectivity index (χ0v) is 19.5. The highest BCUT2D eigenvalue weighted by Gasteiger charge is 2.18. The molecular formula is C26H21N4PS. The van der Waals surface area contributed by atoms with Crippen molar-refractivity contribution < 1.29 is 0 Å². The molecule has 1 unspecified atom stereocenters. The van der Waals surface area contributed by atoms with Crippen LogP contribution in [0.5, 0.6) is 0 Å². The first kappa shape index (κ1) is 20.6. The van der Waals surface area contributed by atoms with Crippen molar-refractivity contribution in [1.82, 2.24) is 19.5 Å². The summed E-state index contributed by atoms with van der Waals surface area (Å²) in [5.74, 6) is 0. The zero-order chi connectivity index (χ0) is 22.1. The number of nitrogens with zero attached hydrogens (tertiary/aromatic N) is 4. The summed E-state index contributed by atoms with van der Waals surface area (Å²) in [5.41, 5.74) is 7.37. The minimum absolute atomic E-state index is 0.706. The fourth-order valence-electron chi connectivity index (χ4n) is 4.42. The van der Waals surface area contributed by atoms with E-state index in [1.165, 1.54) is 27.4 Å². The van der Waals surface area contributed by atoms with Crippen LogP contribution in [0.25, 0.3) is 49.8 Å². The fraction of sp³-hybridized carbons (Fsp3) is 0.0385. The van der Waals surface area contributed by atoms with Crippen molar-refractivity contribution in [3.63, 3.8) is 0 Å². The standard InChI is InChI=1S/C26H18N4.H3PS/c1-17-8-6-11-20(24-21-12-7-15-27-26(21)29-16-28-24)25(17)30-22-13-4-2-9-18(22)19-10-3-5-14-23(19)30;1-2/h2-16H,1H3;2H,1H2. The van der Waals surface area contributed by atoms with E-state index in [0.29, 0.717) is 5.65 Å². The Morgan fingerprint density at radius 2 is 1.34 bits per heavy atom. The minimum atomic E-state index is 0.706. The van der Waals surface area contributed by atoms with E-state index in [9.17, 15) is 0 Å². The molecule has 0 spiro atoms. The molecule has 0 fully saturated rings. The second-order valence-corrected chi connectivity index (χ2v) is 7.44. The lowest BCUT2D eigenvalue weighted by atomic mass is 10.0. The lowest BCUT2D eigenvalue weighted by molar-refractivity contribution is 1.13. The Labute approximate surface area is 193 Å². The number of aromatic nitrogens is 4. The fourth-order valence-corrected chi connectivity index (χ4v) is 4.42. The van der Waals surface area contributed by atoms with Crippen LogP contribution in [0.4, 0.5) is 0 Å². The van der Waals surface area contributed by atoms with Gasteiger partial charge in [0.05, 0.1) is 22.4 Å². The molecule has 0 radical (unpaired) electrons. The molecule has 3 heterocycles. The van der Waals surface area contributed by atoms with Gasteiger partial charge in [-0.15, -0.1) is 0 Å². The molecule has 0 amide bonds. The number of benzene rings is 3. The number of hydrogen-bond acceptors (Lipinski definition) is 4. The topological polar surface area (TPSA) is 43.6 Å². The molecule has 4 nitrogen and oxygen atoms in total. The molecule has 3 aromatic carbocycles. The van der Waals surface area contributed by atoms with Crippen LogP contribution >= 0.6 is 20.7 Å². The molecule has 0 bridgehead atoms. The number of aryl methyl sites for hydroxylation is 1. The molecule has 0 N–H and O–H groups in total. The van der Waals surface area contributed by atoms with Crippen LogP contribution in [0.3, 0.4) is 0 Å². The maximum Gasteiger partial charge on any atom is 0.163 e. The van der Waals surface area contributed by atoms with Crippen molar-refractivity contribution >= 4 is 53.5 Å². The summed E-state index contributed by atoms with van der Waals surface area (Å²) in [7, 11) is 2.11. The number of rotatable bonds is 2. The Kier molecular flexibility index (Phi) is 5.60. The van der Waals surface area contributed by atoms with Gasteiger partial charge in [0, 0.05) is 27.9 Å². The lowest BCUT2D eigenvalue weighted by Crippen LogP contribution is -2.02. The van der Waals surface area contributed by atoms with Crippen LogP contribution in [0.2, 0.25) is 0 Å². The first-order valence-corrected chi connectivity index (χ1v) is 12.3. The van der Waals surface area contributed by atoms with Crippen LogP contribution < -0.4 is 0 Å². The van der Waals surface area contributed by atoms with Crippen molar-refractivity contribution in [3.8, 4) is 16.9 Å². The first-order chi connectivity index (χ1) is 15.8. The Hall–Kier alpha value is -3.27. The molecule has 1 atom stereocenters. The summed E-state index contributed by atoms with van der Waals surface area (Å²) in [4.78, 5) is 13.5. The smallest absolute Gasteiger partial charge is 0.163 e. The highest BCUT2D eigenvalue weighted by Crippen LogP contribution is 2.38. The van der Waals surface area contributed by atoms with Gasteiger partial charge < -0.3 is 4.57 Å². The van der Waals surface area contributed by atoms with Gasteiger partial charge in [0.15, 0.2) is 5.65 Å². The second kappa shape index (κ2) is 8.70. The number of pyridine rings is 1. The maximum atomic E-state index is 4.68. The van der Waals surface area contributed by atoms with E-state index in [0.717, 1.165) is 22.3 Å². The summed E-state index contributed by atoms with van der Waals surface area (Å²) >= 11 is 3.44. The molecule has 32 heavy (non-hydrogen) atoms. The molecule has 6 rings (SSSR count). The molecule has 0 saturated heterocycles.